The van der Waals surface area contributed by atoms with Crippen LogP contribution in [0.5, 0.6) is 0 Å². The van der Waals surface area contributed by atoms with Gasteiger partial charge < -0.3 is 9.30 Å². The van der Waals surface area contributed by atoms with Crippen molar-refractivity contribution in [1.82, 2.24) is 9.55 Å². The van der Waals surface area contributed by atoms with Crippen molar-refractivity contribution in [1.29, 1.82) is 0 Å². The van der Waals surface area contributed by atoms with Crippen LogP contribution in [0.1, 0.15) is 23.7 Å². The van der Waals surface area contributed by atoms with Crippen LogP contribution in [0.2, 0.25) is 0 Å². The first-order chi connectivity index (χ1) is 10.7. The molecule has 3 aromatic rings. The average Bonchev–Trinajstić information content (AvgIpc) is 2.55. The number of rotatable bonds is 3. The molecule has 0 spiro atoms. The van der Waals surface area contributed by atoms with Crippen molar-refractivity contribution >= 4 is 27.9 Å². The molecule has 0 aliphatic carbocycles. The number of methoxy groups -OCH3 is 1. The van der Waals surface area contributed by atoms with Gasteiger partial charge >= 0.3 is 5.97 Å². The molecule has 0 N–H and O–H groups in total. The van der Waals surface area contributed by atoms with E-state index in [1.165, 1.54) is 7.11 Å². The number of para-hydroxylation sites is 1. The molecule has 0 aliphatic rings. The van der Waals surface area contributed by atoms with E-state index in [4.69, 9.17) is 4.74 Å². The maximum absolute atomic E-state index is 12.6. The molecule has 5 heteroatoms. The van der Waals surface area contributed by atoms with Crippen LogP contribution in [0.4, 0.5) is 0 Å². The molecule has 0 bridgehead atoms. The quantitative estimate of drug-likeness (QED) is 0.551. The topological polar surface area (TPSA) is 61.2 Å². The number of carbonyl (C=O) groups excluding carboxylic acids is 1. The number of aromatic nitrogens is 2. The second-order valence-corrected chi connectivity index (χ2v) is 5.11. The van der Waals surface area contributed by atoms with E-state index in [9.17, 15) is 9.59 Å². The van der Waals surface area contributed by atoms with Gasteiger partial charge in [-0.1, -0.05) is 25.1 Å². The molecule has 0 saturated heterocycles. The van der Waals surface area contributed by atoms with Gasteiger partial charge in [0.05, 0.1) is 18.0 Å². The van der Waals surface area contributed by atoms with Crippen LogP contribution in [0.15, 0.2) is 41.3 Å². The maximum atomic E-state index is 12.6. The van der Waals surface area contributed by atoms with Gasteiger partial charge in [-0.2, -0.15) is 0 Å². The third-order valence-electron chi connectivity index (χ3n) is 3.62. The maximum Gasteiger partial charge on any atom is 0.343 e. The number of carbonyl (C=O) groups is 1. The van der Waals surface area contributed by atoms with Gasteiger partial charge in [0.25, 0.3) is 0 Å². The number of ether oxygens (including phenoxy) is 1. The Morgan fingerprint density at radius 1 is 1.32 bits per heavy atom. The zero-order chi connectivity index (χ0) is 15.7. The fourth-order valence-corrected chi connectivity index (χ4v) is 2.58. The molecule has 0 saturated carbocycles. The largest absolute Gasteiger partial charge is 0.465 e. The van der Waals surface area contributed by atoms with Crippen LogP contribution in [-0.2, 0) is 11.3 Å². The first-order valence-corrected chi connectivity index (χ1v) is 7.17. The molecule has 112 valence electrons. The number of nitrogens with zero attached hydrogens (tertiary/aromatic N) is 2. The van der Waals surface area contributed by atoms with Crippen LogP contribution in [0.25, 0.3) is 21.9 Å². The van der Waals surface area contributed by atoms with Crippen molar-refractivity contribution in [3.05, 3.63) is 52.3 Å². The number of benzene rings is 1. The van der Waals surface area contributed by atoms with E-state index < -0.39 is 5.97 Å². The molecule has 5 nitrogen and oxygen atoms in total. The fourth-order valence-electron chi connectivity index (χ4n) is 2.58. The molecule has 0 radical (unpaired) electrons. The number of hydrogen-bond donors (Lipinski definition) is 0. The molecule has 2 aromatic heterocycles. The molecule has 22 heavy (non-hydrogen) atoms. The summed E-state index contributed by atoms with van der Waals surface area (Å²) in [6.45, 7) is 2.70. The zero-order valence-electron chi connectivity index (χ0n) is 12.5. The Balaban J connectivity index is 2.43. The predicted molar refractivity (Wildman–Crippen MR) is 85.1 cm³/mol. The SMILES string of the molecule is CCCn1cc(C(=O)OC)c(=O)c2cc3ccccc3nc21. The third kappa shape index (κ3) is 2.24. The molecule has 2 heterocycles. The lowest BCUT2D eigenvalue weighted by atomic mass is 10.1. The minimum Gasteiger partial charge on any atom is -0.465 e. The monoisotopic (exact) mass is 296 g/mol. The lowest BCUT2D eigenvalue weighted by Gasteiger charge is -2.12. The summed E-state index contributed by atoms with van der Waals surface area (Å²) in [7, 11) is 1.27. The Morgan fingerprint density at radius 3 is 2.82 bits per heavy atom. The minimum atomic E-state index is -0.620. The van der Waals surface area contributed by atoms with Gasteiger partial charge in [0.2, 0.25) is 5.43 Å². The van der Waals surface area contributed by atoms with Crippen molar-refractivity contribution in [3.63, 3.8) is 0 Å². The number of esters is 1. The Kier molecular flexibility index (Phi) is 3.63. The first kappa shape index (κ1) is 14.3. The highest BCUT2D eigenvalue weighted by Crippen LogP contribution is 2.18. The Labute approximate surface area is 127 Å². The standard InChI is InChI=1S/C17H16N2O3/c1-3-8-19-10-13(17(21)22-2)15(20)12-9-11-6-4-5-7-14(11)18-16(12)19/h4-7,9-10H,3,8H2,1-2H3. The van der Waals surface area contributed by atoms with E-state index in [2.05, 4.69) is 4.98 Å². The Hall–Kier alpha value is -2.69. The highest BCUT2D eigenvalue weighted by Gasteiger charge is 2.17. The van der Waals surface area contributed by atoms with Crippen LogP contribution < -0.4 is 5.43 Å². The summed E-state index contributed by atoms with van der Waals surface area (Å²) in [6, 6.07) is 9.40. The lowest BCUT2D eigenvalue weighted by molar-refractivity contribution is 0.0598. The van der Waals surface area contributed by atoms with Crippen molar-refractivity contribution in [3.8, 4) is 0 Å². The summed E-state index contributed by atoms with van der Waals surface area (Å²) < 4.78 is 6.56. The van der Waals surface area contributed by atoms with Gasteiger partial charge in [-0.25, -0.2) is 9.78 Å². The van der Waals surface area contributed by atoms with E-state index in [1.807, 2.05) is 35.8 Å². The van der Waals surface area contributed by atoms with Crippen LogP contribution in [0, 0.1) is 0 Å². The van der Waals surface area contributed by atoms with Gasteiger partial charge in [-0.15, -0.1) is 0 Å². The molecule has 0 atom stereocenters. The van der Waals surface area contributed by atoms with Crippen LogP contribution in [-0.4, -0.2) is 22.6 Å². The smallest absolute Gasteiger partial charge is 0.343 e. The Morgan fingerprint density at radius 2 is 2.09 bits per heavy atom. The highest BCUT2D eigenvalue weighted by molar-refractivity contribution is 5.96. The molecular weight excluding hydrogens is 280 g/mol. The molecule has 1 aromatic carbocycles. The van der Waals surface area contributed by atoms with E-state index in [-0.39, 0.29) is 11.0 Å². The number of hydrogen-bond acceptors (Lipinski definition) is 4. The molecule has 0 fully saturated rings. The number of fused-ring (bicyclic) bond motifs is 2. The minimum absolute atomic E-state index is 0.0422. The normalized spacial score (nSPS) is 11.0. The van der Waals surface area contributed by atoms with E-state index in [1.54, 1.807) is 12.3 Å². The van der Waals surface area contributed by atoms with Gasteiger partial charge in [0.1, 0.15) is 11.2 Å². The molecule has 3 rings (SSSR count). The highest BCUT2D eigenvalue weighted by atomic mass is 16.5. The van der Waals surface area contributed by atoms with Gasteiger partial charge in [0, 0.05) is 18.1 Å². The van der Waals surface area contributed by atoms with E-state index >= 15 is 0 Å². The van der Waals surface area contributed by atoms with E-state index in [0.717, 1.165) is 17.3 Å². The van der Waals surface area contributed by atoms with Gasteiger partial charge in [-0.3, -0.25) is 4.79 Å². The van der Waals surface area contributed by atoms with Crippen LogP contribution >= 0.6 is 0 Å². The fraction of sp³-hybridized carbons (Fsp3) is 0.235. The summed E-state index contributed by atoms with van der Waals surface area (Å²) in [5.41, 5.74) is 1.12. The lowest BCUT2D eigenvalue weighted by Crippen LogP contribution is -2.20. The molecule has 0 amide bonds. The predicted octanol–water partition coefficient (Wildman–Crippen LogP) is 2.75. The van der Waals surface area contributed by atoms with Gasteiger partial charge in [-0.05, 0) is 18.6 Å². The molecule has 0 unspecified atom stereocenters. The number of pyridine rings is 2. The second kappa shape index (κ2) is 5.60. The van der Waals surface area contributed by atoms with Crippen molar-refractivity contribution < 1.29 is 9.53 Å². The van der Waals surface area contributed by atoms with Crippen molar-refractivity contribution in [2.45, 2.75) is 19.9 Å². The molecule has 0 aliphatic heterocycles. The third-order valence-corrected chi connectivity index (χ3v) is 3.62. The summed E-state index contributed by atoms with van der Waals surface area (Å²) in [4.78, 5) is 29.0. The summed E-state index contributed by atoms with van der Waals surface area (Å²) >= 11 is 0. The first-order valence-electron chi connectivity index (χ1n) is 7.17. The summed E-state index contributed by atoms with van der Waals surface area (Å²) in [5, 5.41) is 1.31. The van der Waals surface area contributed by atoms with Crippen molar-refractivity contribution in [2.75, 3.05) is 7.11 Å². The van der Waals surface area contributed by atoms with Gasteiger partial charge in [0.15, 0.2) is 0 Å². The summed E-state index contributed by atoms with van der Waals surface area (Å²) in [6.07, 6.45) is 2.41. The second-order valence-electron chi connectivity index (χ2n) is 5.11. The average molecular weight is 296 g/mol. The van der Waals surface area contributed by atoms with Crippen molar-refractivity contribution in [2.24, 2.45) is 0 Å². The van der Waals surface area contributed by atoms with Crippen LogP contribution in [0.3, 0.4) is 0 Å². The zero-order valence-corrected chi connectivity index (χ0v) is 12.5. The Bertz CT molecular complexity index is 928. The van der Waals surface area contributed by atoms with E-state index in [0.29, 0.717) is 17.6 Å². The summed E-state index contributed by atoms with van der Waals surface area (Å²) in [5.74, 6) is -0.620. The molecular formula is C17H16N2O3. The number of aryl methyl sites for hydroxylation is 1.